The van der Waals surface area contributed by atoms with Crippen LogP contribution in [0.4, 0.5) is 0 Å². The van der Waals surface area contributed by atoms with Gasteiger partial charge in [0, 0.05) is 17.9 Å². The number of hydrogen-bond acceptors (Lipinski definition) is 2. The van der Waals surface area contributed by atoms with Crippen LogP contribution in [0.25, 0.3) is 0 Å². The summed E-state index contributed by atoms with van der Waals surface area (Å²) in [4.78, 5) is 11.3. The molecule has 2 rings (SSSR count). The third-order valence-electron chi connectivity index (χ3n) is 2.68. The molecule has 0 amide bonds. The topological polar surface area (TPSA) is 26.3 Å². The number of ether oxygens (including phenoxy) is 1. The second kappa shape index (κ2) is 4.33. The van der Waals surface area contributed by atoms with Gasteiger partial charge in [0.05, 0.1) is 12.7 Å². The summed E-state index contributed by atoms with van der Waals surface area (Å²) in [6.07, 6.45) is 0.902. The van der Waals surface area contributed by atoms with Crippen LogP contribution in [0.15, 0.2) is 18.2 Å². The molecule has 0 spiro atoms. The molecule has 1 aliphatic heterocycles. The first-order chi connectivity index (χ1) is 7.16. The Morgan fingerprint density at radius 1 is 1.47 bits per heavy atom. The average Bonchev–Trinajstić information content (AvgIpc) is 2.22. The van der Waals surface area contributed by atoms with Crippen molar-refractivity contribution in [3.8, 4) is 0 Å². The normalized spacial score (nSPS) is 21.7. The second-order valence-electron chi connectivity index (χ2n) is 3.86. The maximum Gasteiger partial charge on any atom is 0.138 e. The van der Waals surface area contributed by atoms with Crippen molar-refractivity contribution in [2.24, 2.45) is 0 Å². The van der Waals surface area contributed by atoms with Gasteiger partial charge in [-0.15, -0.1) is 0 Å². The van der Waals surface area contributed by atoms with Crippen LogP contribution >= 0.6 is 11.6 Å². The zero-order valence-corrected chi connectivity index (χ0v) is 9.38. The van der Waals surface area contributed by atoms with E-state index in [2.05, 4.69) is 0 Å². The largest absolute Gasteiger partial charge is 0.373 e. The summed E-state index contributed by atoms with van der Waals surface area (Å²) in [7, 11) is 0. The average molecular weight is 225 g/mol. The van der Waals surface area contributed by atoms with Crippen molar-refractivity contribution in [1.29, 1.82) is 0 Å². The van der Waals surface area contributed by atoms with Crippen LogP contribution in [0.3, 0.4) is 0 Å². The number of ketones is 1. The minimum absolute atomic E-state index is 0.107. The Balaban J connectivity index is 2.21. The van der Waals surface area contributed by atoms with E-state index in [1.165, 1.54) is 0 Å². The van der Waals surface area contributed by atoms with Crippen molar-refractivity contribution in [3.63, 3.8) is 0 Å². The highest BCUT2D eigenvalue weighted by Gasteiger charge is 2.21. The first-order valence-electron chi connectivity index (χ1n) is 5.06. The lowest BCUT2D eigenvalue weighted by molar-refractivity contribution is -0.128. The molecule has 0 saturated carbocycles. The summed E-state index contributed by atoms with van der Waals surface area (Å²) in [5.41, 5.74) is 2.04. The molecule has 1 atom stereocenters. The Hall–Kier alpha value is -0.860. The molecule has 2 nitrogen and oxygen atoms in total. The van der Waals surface area contributed by atoms with Gasteiger partial charge in [0.15, 0.2) is 0 Å². The van der Waals surface area contributed by atoms with Gasteiger partial charge in [-0.1, -0.05) is 23.7 Å². The fraction of sp³-hybridized carbons (Fsp3) is 0.417. The number of hydrogen-bond donors (Lipinski definition) is 0. The highest BCUT2D eigenvalue weighted by molar-refractivity contribution is 6.31. The van der Waals surface area contributed by atoms with Crippen molar-refractivity contribution >= 4 is 17.4 Å². The van der Waals surface area contributed by atoms with Gasteiger partial charge >= 0.3 is 0 Å². The maximum absolute atomic E-state index is 11.3. The van der Waals surface area contributed by atoms with Crippen molar-refractivity contribution in [3.05, 3.63) is 34.3 Å². The van der Waals surface area contributed by atoms with E-state index in [0.29, 0.717) is 19.4 Å². The number of Topliss-reactive ketones (excluding diaryl/α,β-unsaturated/α-hetero) is 1. The molecule has 0 aromatic heterocycles. The Labute approximate surface area is 94.2 Å². The van der Waals surface area contributed by atoms with Gasteiger partial charge < -0.3 is 4.74 Å². The second-order valence-corrected chi connectivity index (χ2v) is 4.27. The molecule has 1 aromatic carbocycles. The molecule has 1 unspecified atom stereocenters. The highest BCUT2D eigenvalue weighted by Crippen LogP contribution is 2.28. The predicted molar refractivity (Wildman–Crippen MR) is 59.1 cm³/mol. The van der Waals surface area contributed by atoms with E-state index in [1.807, 2.05) is 25.1 Å². The molecule has 0 aliphatic carbocycles. The molecule has 0 radical (unpaired) electrons. The van der Waals surface area contributed by atoms with Gasteiger partial charge in [0.2, 0.25) is 0 Å². The van der Waals surface area contributed by atoms with Crippen molar-refractivity contribution < 1.29 is 9.53 Å². The van der Waals surface area contributed by atoms with Gasteiger partial charge in [-0.2, -0.15) is 0 Å². The van der Waals surface area contributed by atoms with E-state index in [-0.39, 0.29) is 11.9 Å². The quantitative estimate of drug-likeness (QED) is 0.733. The Kier molecular flexibility index (Phi) is 3.08. The van der Waals surface area contributed by atoms with Gasteiger partial charge in [0.25, 0.3) is 0 Å². The van der Waals surface area contributed by atoms with Crippen molar-refractivity contribution in [2.45, 2.75) is 25.9 Å². The van der Waals surface area contributed by atoms with Gasteiger partial charge in [-0.05, 0) is 24.1 Å². The van der Waals surface area contributed by atoms with E-state index in [0.717, 1.165) is 16.1 Å². The highest BCUT2D eigenvalue weighted by atomic mass is 35.5. The van der Waals surface area contributed by atoms with Crippen molar-refractivity contribution in [1.82, 2.24) is 0 Å². The fourth-order valence-corrected chi connectivity index (χ4v) is 1.90. The zero-order valence-electron chi connectivity index (χ0n) is 8.63. The summed E-state index contributed by atoms with van der Waals surface area (Å²) >= 11 is 6.03. The van der Waals surface area contributed by atoms with Crippen LogP contribution in [-0.4, -0.2) is 12.4 Å². The van der Waals surface area contributed by atoms with Crippen LogP contribution in [0.5, 0.6) is 0 Å². The number of halogens is 1. The molecule has 1 aliphatic rings. The van der Waals surface area contributed by atoms with E-state index < -0.39 is 0 Å². The minimum atomic E-state index is -0.107. The number of aryl methyl sites for hydroxylation is 1. The van der Waals surface area contributed by atoms with Gasteiger partial charge in [-0.3, -0.25) is 4.79 Å². The fourth-order valence-electron chi connectivity index (χ4n) is 1.71. The monoisotopic (exact) mass is 224 g/mol. The van der Waals surface area contributed by atoms with E-state index in [4.69, 9.17) is 16.3 Å². The van der Waals surface area contributed by atoms with Crippen LogP contribution < -0.4 is 0 Å². The molecule has 1 aromatic rings. The van der Waals surface area contributed by atoms with E-state index >= 15 is 0 Å². The van der Waals surface area contributed by atoms with Gasteiger partial charge in [-0.25, -0.2) is 0 Å². The molecule has 1 heterocycles. The molecule has 0 bridgehead atoms. The van der Waals surface area contributed by atoms with E-state index in [1.54, 1.807) is 0 Å². The molecule has 3 heteroatoms. The number of carbonyl (C=O) groups excluding carboxylic acids is 1. The third-order valence-corrected chi connectivity index (χ3v) is 3.09. The summed E-state index contributed by atoms with van der Waals surface area (Å²) in [5, 5.41) is 0.731. The summed E-state index contributed by atoms with van der Waals surface area (Å²) < 4.78 is 5.55. The van der Waals surface area contributed by atoms with Gasteiger partial charge in [0.1, 0.15) is 5.78 Å². The van der Waals surface area contributed by atoms with Crippen LogP contribution in [0.1, 0.15) is 30.1 Å². The lowest BCUT2D eigenvalue weighted by Gasteiger charge is -2.22. The molecule has 1 saturated heterocycles. The molecule has 0 N–H and O–H groups in total. The minimum Gasteiger partial charge on any atom is -0.373 e. The zero-order chi connectivity index (χ0) is 10.8. The summed E-state index contributed by atoms with van der Waals surface area (Å²) in [5.74, 6) is 0.267. The lowest BCUT2D eigenvalue weighted by Crippen LogP contribution is -2.19. The molecular weight excluding hydrogens is 212 g/mol. The van der Waals surface area contributed by atoms with E-state index in [9.17, 15) is 4.79 Å². The molecule has 15 heavy (non-hydrogen) atoms. The first-order valence-corrected chi connectivity index (χ1v) is 5.44. The number of benzene rings is 1. The third kappa shape index (κ3) is 2.39. The van der Waals surface area contributed by atoms with Crippen molar-refractivity contribution in [2.75, 3.05) is 6.61 Å². The van der Waals surface area contributed by atoms with Crippen LogP contribution in [-0.2, 0) is 9.53 Å². The predicted octanol–water partition coefficient (Wildman–Crippen LogP) is 3.07. The lowest BCUT2D eigenvalue weighted by atomic mass is 10.00. The Morgan fingerprint density at radius 3 is 2.93 bits per heavy atom. The standard InChI is InChI=1S/C12H13ClO2/c1-8-2-3-9(6-11(8)13)12-7-10(14)4-5-15-12/h2-3,6,12H,4-5,7H2,1H3. The smallest absolute Gasteiger partial charge is 0.138 e. The number of carbonyl (C=O) groups is 1. The summed E-state index contributed by atoms with van der Waals surface area (Å²) in [6.45, 7) is 2.48. The molecule has 1 fully saturated rings. The molecule has 80 valence electrons. The first kappa shape index (κ1) is 10.7. The Bertz CT molecular complexity index is 387. The maximum atomic E-state index is 11.3. The molecular formula is C12H13ClO2. The van der Waals surface area contributed by atoms with Crippen LogP contribution in [0.2, 0.25) is 5.02 Å². The number of rotatable bonds is 1. The SMILES string of the molecule is Cc1ccc(C2CC(=O)CCO2)cc1Cl. The Morgan fingerprint density at radius 2 is 2.27 bits per heavy atom. The summed E-state index contributed by atoms with van der Waals surface area (Å²) in [6, 6.07) is 5.82. The van der Waals surface area contributed by atoms with Crippen LogP contribution in [0, 0.1) is 6.92 Å².